The summed E-state index contributed by atoms with van der Waals surface area (Å²) in [6, 6.07) is 0. The zero-order valence-corrected chi connectivity index (χ0v) is 7.19. The van der Waals surface area contributed by atoms with Crippen molar-refractivity contribution in [3.8, 4) is 0 Å². The molecule has 0 fully saturated rings. The fourth-order valence-electron chi connectivity index (χ4n) is 0.730. The van der Waals surface area contributed by atoms with Crippen LogP contribution in [0.3, 0.4) is 0 Å². The molecule has 0 amide bonds. The molecule has 0 aromatic heterocycles. The van der Waals surface area contributed by atoms with Crippen molar-refractivity contribution in [3.63, 3.8) is 0 Å². The van der Waals surface area contributed by atoms with E-state index in [4.69, 9.17) is 0 Å². The number of unbranched alkanes of at least 4 members (excludes halogenated alkanes) is 1. The second-order valence-electron chi connectivity index (χ2n) is 2.46. The average Bonchev–Trinajstić information content (AvgIpc) is 1.97. The highest BCUT2D eigenvalue weighted by atomic mass is 14.8. The maximum Gasteiger partial charge on any atom is 0.0134 e. The van der Waals surface area contributed by atoms with Crippen molar-refractivity contribution in [2.45, 2.75) is 33.1 Å². The van der Waals surface area contributed by atoms with E-state index in [9.17, 15) is 0 Å². The predicted molar refractivity (Wildman–Crippen MR) is 47.2 cm³/mol. The zero-order chi connectivity index (χ0) is 7.66. The van der Waals surface area contributed by atoms with Crippen LogP contribution in [0.25, 0.3) is 0 Å². The summed E-state index contributed by atoms with van der Waals surface area (Å²) in [5.74, 6) is 0. The normalized spacial score (nSPS) is 11.0. The Morgan fingerprint density at radius 3 is 2.50 bits per heavy atom. The molecule has 10 heavy (non-hydrogen) atoms. The highest BCUT2D eigenvalue weighted by Crippen LogP contribution is 1.86. The highest BCUT2D eigenvalue weighted by Gasteiger charge is 1.77. The third-order valence-corrected chi connectivity index (χ3v) is 1.31. The summed E-state index contributed by atoms with van der Waals surface area (Å²) in [5.41, 5.74) is 0. The molecule has 0 aliphatic rings. The van der Waals surface area contributed by atoms with Gasteiger partial charge in [-0.1, -0.05) is 32.4 Å². The van der Waals surface area contributed by atoms with Gasteiger partial charge in [-0.15, -0.1) is 0 Å². The molecular formula is C9H19N. The standard InChI is InChI=1S/C9H19N/c1-3-5-6-7-9-10-8-4-2/h6-7,10H,3-5,8-9H2,1-2H3/b7-6-. The van der Waals surface area contributed by atoms with E-state index in [1.165, 1.54) is 19.3 Å². The van der Waals surface area contributed by atoms with Gasteiger partial charge in [0.15, 0.2) is 0 Å². The fourth-order valence-corrected chi connectivity index (χ4v) is 0.730. The highest BCUT2D eigenvalue weighted by molar-refractivity contribution is 4.82. The van der Waals surface area contributed by atoms with E-state index in [0.717, 1.165) is 13.1 Å². The van der Waals surface area contributed by atoms with Gasteiger partial charge in [0, 0.05) is 6.54 Å². The Hall–Kier alpha value is -0.300. The Morgan fingerprint density at radius 2 is 1.90 bits per heavy atom. The van der Waals surface area contributed by atoms with Gasteiger partial charge in [0.25, 0.3) is 0 Å². The molecule has 0 unspecified atom stereocenters. The van der Waals surface area contributed by atoms with Crippen LogP contribution in [0.4, 0.5) is 0 Å². The lowest BCUT2D eigenvalue weighted by atomic mass is 10.3. The van der Waals surface area contributed by atoms with E-state index < -0.39 is 0 Å². The molecule has 0 spiro atoms. The Bertz CT molecular complexity index is 76.8. The first-order valence-electron chi connectivity index (χ1n) is 4.27. The molecule has 0 aliphatic carbocycles. The lowest BCUT2D eigenvalue weighted by Gasteiger charge is -1.95. The molecule has 0 rings (SSSR count). The summed E-state index contributed by atoms with van der Waals surface area (Å²) in [4.78, 5) is 0. The lowest BCUT2D eigenvalue weighted by molar-refractivity contribution is 0.727. The molecule has 0 aromatic rings. The van der Waals surface area contributed by atoms with E-state index in [-0.39, 0.29) is 0 Å². The molecule has 0 bridgehead atoms. The first-order valence-corrected chi connectivity index (χ1v) is 4.27. The van der Waals surface area contributed by atoms with Crippen LogP contribution in [0, 0.1) is 0 Å². The van der Waals surface area contributed by atoms with Gasteiger partial charge in [-0.2, -0.15) is 0 Å². The first kappa shape index (κ1) is 9.70. The van der Waals surface area contributed by atoms with E-state index in [2.05, 4.69) is 31.3 Å². The van der Waals surface area contributed by atoms with Crippen LogP contribution in [-0.2, 0) is 0 Å². The summed E-state index contributed by atoms with van der Waals surface area (Å²) in [5, 5.41) is 3.31. The molecule has 0 aromatic carbocycles. The fraction of sp³-hybridized carbons (Fsp3) is 0.778. The van der Waals surface area contributed by atoms with Crippen molar-refractivity contribution >= 4 is 0 Å². The monoisotopic (exact) mass is 141 g/mol. The second kappa shape index (κ2) is 8.70. The molecule has 0 heterocycles. The Labute approximate surface area is 64.5 Å². The minimum atomic E-state index is 1.04. The van der Waals surface area contributed by atoms with Crippen molar-refractivity contribution in [1.29, 1.82) is 0 Å². The van der Waals surface area contributed by atoms with Gasteiger partial charge in [0.1, 0.15) is 0 Å². The molecule has 1 N–H and O–H groups in total. The third kappa shape index (κ3) is 7.70. The van der Waals surface area contributed by atoms with Crippen LogP contribution in [0.15, 0.2) is 12.2 Å². The van der Waals surface area contributed by atoms with Crippen LogP contribution in [-0.4, -0.2) is 13.1 Å². The number of allylic oxidation sites excluding steroid dienone is 1. The summed E-state index contributed by atoms with van der Waals surface area (Å²) in [6.07, 6.45) is 8.14. The molecular weight excluding hydrogens is 122 g/mol. The maximum absolute atomic E-state index is 3.31. The SMILES string of the molecule is CCC/C=C\CNCCC. The van der Waals surface area contributed by atoms with Gasteiger partial charge in [-0.3, -0.25) is 0 Å². The van der Waals surface area contributed by atoms with Gasteiger partial charge < -0.3 is 5.32 Å². The molecule has 0 saturated carbocycles. The molecule has 0 radical (unpaired) electrons. The van der Waals surface area contributed by atoms with Crippen LogP contribution >= 0.6 is 0 Å². The van der Waals surface area contributed by atoms with Crippen LogP contribution in [0.1, 0.15) is 33.1 Å². The van der Waals surface area contributed by atoms with Crippen molar-refractivity contribution in [2.24, 2.45) is 0 Å². The summed E-state index contributed by atoms with van der Waals surface area (Å²) in [7, 11) is 0. The minimum absolute atomic E-state index is 1.04. The number of rotatable bonds is 6. The lowest BCUT2D eigenvalue weighted by Crippen LogP contribution is -2.13. The second-order valence-corrected chi connectivity index (χ2v) is 2.46. The average molecular weight is 141 g/mol. The van der Waals surface area contributed by atoms with Gasteiger partial charge in [-0.25, -0.2) is 0 Å². The van der Waals surface area contributed by atoms with E-state index in [1.54, 1.807) is 0 Å². The quantitative estimate of drug-likeness (QED) is 0.442. The van der Waals surface area contributed by atoms with Gasteiger partial charge in [0.2, 0.25) is 0 Å². The maximum atomic E-state index is 3.31. The molecule has 60 valence electrons. The summed E-state index contributed by atoms with van der Waals surface area (Å²) < 4.78 is 0. The smallest absolute Gasteiger partial charge is 0.0134 e. The van der Waals surface area contributed by atoms with E-state index in [0.29, 0.717) is 0 Å². The number of nitrogens with one attached hydrogen (secondary N) is 1. The Kier molecular flexibility index (Phi) is 8.44. The van der Waals surface area contributed by atoms with E-state index >= 15 is 0 Å². The Morgan fingerprint density at radius 1 is 1.10 bits per heavy atom. The molecule has 1 heteroatoms. The number of hydrogen-bond donors (Lipinski definition) is 1. The topological polar surface area (TPSA) is 12.0 Å². The number of hydrogen-bond acceptors (Lipinski definition) is 1. The minimum Gasteiger partial charge on any atom is -0.313 e. The molecule has 0 atom stereocenters. The third-order valence-electron chi connectivity index (χ3n) is 1.31. The zero-order valence-electron chi connectivity index (χ0n) is 7.19. The van der Waals surface area contributed by atoms with Crippen LogP contribution in [0.5, 0.6) is 0 Å². The Balaban J connectivity index is 2.88. The molecule has 0 aliphatic heterocycles. The first-order chi connectivity index (χ1) is 4.91. The summed E-state index contributed by atoms with van der Waals surface area (Å²) in [6.45, 7) is 6.55. The van der Waals surface area contributed by atoms with Crippen molar-refractivity contribution in [3.05, 3.63) is 12.2 Å². The summed E-state index contributed by atoms with van der Waals surface area (Å²) >= 11 is 0. The van der Waals surface area contributed by atoms with Gasteiger partial charge >= 0.3 is 0 Å². The van der Waals surface area contributed by atoms with Gasteiger partial charge in [-0.05, 0) is 19.4 Å². The van der Waals surface area contributed by atoms with Gasteiger partial charge in [0.05, 0.1) is 0 Å². The van der Waals surface area contributed by atoms with Crippen molar-refractivity contribution < 1.29 is 0 Å². The molecule has 1 nitrogen and oxygen atoms in total. The van der Waals surface area contributed by atoms with E-state index in [1.807, 2.05) is 0 Å². The largest absolute Gasteiger partial charge is 0.313 e. The predicted octanol–water partition coefficient (Wildman–Crippen LogP) is 2.34. The van der Waals surface area contributed by atoms with Crippen LogP contribution in [0.2, 0.25) is 0 Å². The molecule has 0 saturated heterocycles. The van der Waals surface area contributed by atoms with Crippen LogP contribution < -0.4 is 5.32 Å². The van der Waals surface area contributed by atoms with Crippen molar-refractivity contribution in [1.82, 2.24) is 5.32 Å². The van der Waals surface area contributed by atoms with Crippen molar-refractivity contribution in [2.75, 3.05) is 13.1 Å².